The van der Waals surface area contributed by atoms with Crippen LogP contribution in [-0.2, 0) is 0 Å². The zero-order valence-electron chi connectivity index (χ0n) is 9.57. The standard InChI is InChI=1S/C13H15N3/c1-3-15-12-4-5-16-13(7-12)11-6-10(2)8-14-9-11/h4-9H,3H2,1-2H3,(H,15,16). The van der Waals surface area contributed by atoms with Crippen LogP contribution in [0.25, 0.3) is 11.3 Å². The predicted octanol–water partition coefficient (Wildman–Crippen LogP) is 2.88. The molecule has 0 fully saturated rings. The Morgan fingerprint density at radius 3 is 2.88 bits per heavy atom. The van der Waals surface area contributed by atoms with Crippen molar-refractivity contribution in [3.05, 3.63) is 42.4 Å². The summed E-state index contributed by atoms with van der Waals surface area (Å²) in [7, 11) is 0. The molecule has 2 aromatic rings. The summed E-state index contributed by atoms with van der Waals surface area (Å²) in [5.74, 6) is 0. The van der Waals surface area contributed by atoms with E-state index in [0.717, 1.165) is 29.1 Å². The lowest BCUT2D eigenvalue weighted by Gasteiger charge is -2.05. The van der Waals surface area contributed by atoms with Crippen molar-refractivity contribution in [3.8, 4) is 11.3 Å². The highest BCUT2D eigenvalue weighted by atomic mass is 14.9. The van der Waals surface area contributed by atoms with Crippen molar-refractivity contribution in [2.75, 3.05) is 11.9 Å². The monoisotopic (exact) mass is 213 g/mol. The minimum atomic E-state index is 0.912. The van der Waals surface area contributed by atoms with Gasteiger partial charge in [-0.25, -0.2) is 0 Å². The van der Waals surface area contributed by atoms with E-state index in [1.54, 1.807) is 0 Å². The minimum Gasteiger partial charge on any atom is -0.385 e. The maximum atomic E-state index is 4.35. The Labute approximate surface area is 95.6 Å². The summed E-state index contributed by atoms with van der Waals surface area (Å²) >= 11 is 0. The molecule has 16 heavy (non-hydrogen) atoms. The fraction of sp³-hybridized carbons (Fsp3) is 0.231. The van der Waals surface area contributed by atoms with E-state index in [9.17, 15) is 0 Å². The number of pyridine rings is 2. The van der Waals surface area contributed by atoms with Crippen molar-refractivity contribution in [2.45, 2.75) is 13.8 Å². The van der Waals surface area contributed by atoms with Gasteiger partial charge in [-0.05, 0) is 37.6 Å². The molecule has 0 radical (unpaired) electrons. The van der Waals surface area contributed by atoms with Gasteiger partial charge in [-0.3, -0.25) is 9.97 Å². The Hall–Kier alpha value is -1.90. The Morgan fingerprint density at radius 1 is 1.25 bits per heavy atom. The average molecular weight is 213 g/mol. The fourth-order valence-electron chi connectivity index (χ4n) is 1.60. The second-order valence-corrected chi connectivity index (χ2v) is 3.71. The highest BCUT2D eigenvalue weighted by Crippen LogP contribution is 2.19. The molecule has 2 aromatic heterocycles. The summed E-state index contributed by atoms with van der Waals surface area (Å²) in [5, 5.41) is 3.27. The molecular formula is C13H15N3. The van der Waals surface area contributed by atoms with Crippen LogP contribution in [0.3, 0.4) is 0 Å². The van der Waals surface area contributed by atoms with Crippen LogP contribution in [0.2, 0.25) is 0 Å². The van der Waals surface area contributed by atoms with E-state index < -0.39 is 0 Å². The van der Waals surface area contributed by atoms with E-state index in [1.165, 1.54) is 0 Å². The Bertz CT molecular complexity index is 480. The first-order valence-electron chi connectivity index (χ1n) is 5.41. The number of aromatic nitrogens is 2. The Balaban J connectivity index is 2.36. The van der Waals surface area contributed by atoms with Gasteiger partial charge in [0.05, 0.1) is 5.69 Å². The van der Waals surface area contributed by atoms with Crippen LogP contribution in [0, 0.1) is 6.92 Å². The molecule has 0 unspecified atom stereocenters. The van der Waals surface area contributed by atoms with Crippen molar-refractivity contribution in [1.82, 2.24) is 9.97 Å². The van der Waals surface area contributed by atoms with Crippen LogP contribution in [-0.4, -0.2) is 16.5 Å². The van der Waals surface area contributed by atoms with Gasteiger partial charge in [0.25, 0.3) is 0 Å². The highest BCUT2D eigenvalue weighted by Gasteiger charge is 2.00. The second kappa shape index (κ2) is 4.75. The summed E-state index contributed by atoms with van der Waals surface area (Å²) < 4.78 is 0. The summed E-state index contributed by atoms with van der Waals surface area (Å²) in [6.07, 6.45) is 5.50. The lowest BCUT2D eigenvalue weighted by atomic mass is 10.1. The van der Waals surface area contributed by atoms with Gasteiger partial charge < -0.3 is 5.32 Å². The molecule has 0 spiro atoms. The molecule has 3 heteroatoms. The smallest absolute Gasteiger partial charge is 0.0738 e. The molecule has 0 aliphatic heterocycles. The van der Waals surface area contributed by atoms with Crippen molar-refractivity contribution in [3.63, 3.8) is 0 Å². The topological polar surface area (TPSA) is 37.8 Å². The lowest BCUT2D eigenvalue weighted by molar-refractivity contribution is 1.19. The third-order valence-electron chi connectivity index (χ3n) is 2.31. The van der Waals surface area contributed by atoms with Crippen LogP contribution < -0.4 is 5.32 Å². The summed E-state index contributed by atoms with van der Waals surface area (Å²) in [6.45, 7) is 5.02. The van der Waals surface area contributed by atoms with Crippen molar-refractivity contribution < 1.29 is 0 Å². The fourth-order valence-corrected chi connectivity index (χ4v) is 1.60. The SMILES string of the molecule is CCNc1ccnc(-c2cncc(C)c2)c1. The van der Waals surface area contributed by atoms with Crippen LogP contribution in [0.4, 0.5) is 5.69 Å². The first kappa shape index (κ1) is 10.6. The number of hydrogen-bond donors (Lipinski definition) is 1. The first-order valence-corrected chi connectivity index (χ1v) is 5.41. The molecule has 0 amide bonds. The van der Waals surface area contributed by atoms with Gasteiger partial charge in [0.15, 0.2) is 0 Å². The number of hydrogen-bond acceptors (Lipinski definition) is 3. The molecule has 82 valence electrons. The minimum absolute atomic E-state index is 0.912. The highest BCUT2D eigenvalue weighted by molar-refractivity contribution is 5.63. The van der Waals surface area contributed by atoms with Gasteiger partial charge in [0.2, 0.25) is 0 Å². The molecule has 2 rings (SSSR count). The van der Waals surface area contributed by atoms with Crippen LogP contribution >= 0.6 is 0 Å². The summed E-state index contributed by atoms with van der Waals surface area (Å²) in [6, 6.07) is 6.10. The van der Waals surface area contributed by atoms with Crippen molar-refractivity contribution in [1.29, 1.82) is 0 Å². The second-order valence-electron chi connectivity index (χ2n) is 3.71. The molecule has 2 heterocycles. The third-order valence-corrected chi connectivity index (χ3v) is 2.31. The molecular weight excluding hydrogens is 198 g/mol. The summed E-state index contributed by atoms with van der Waals surface area (Å²) in [4.78, 5) is 8.53. The molecule has 0 saturated heterocycles. The van der Waals surface area contributed by atoms with Gasteiger partial charge in [-0.15, -0.1) is 0 Å². The maximum Gasteiger partial charge on any atom is 0.0738 e. The van der Waals surface area contributed by atoms with E-state index >= 15 is 0 Å². The lowest BCUT2D eigenvalue weighted by Crippen LogP contribution is -1.97. The van der Waals surface area contributed by atoms with Gasteiger partial charge >= 0.3 is 0 Å². The maximum absolute atomic E-state index is 4.35. The largest absolute Gasteiger partial charge is 0.385 e. The predicted molar refractivity (Wildman–Crippen MR) is 66.4 cm³/mol. The molecule has 0 aliphatic carbocycles. The van der Waals surface area contributed by atoms with Gasteiger partial charge in [0, 0.05) is 36.4 Å². The van der Waals surface area contributed by atoms with E-state index in [-0.39, 0.29) is 0 Å². The normalized spacial score (nSPS) is 10.1. The van der Waals surface area contributed by atoms with E-state index in [0.29, 0.717) is 0 Å². The molecule has 0 aromatic carbocycles. The van der Waals surface area contributed by atoms with E-state index in [4.69, 9.17) is 0 Å². The zero-order chi connectivity index (χ0) is 11.4. The molecule has 0 bridgehead atoms. The number of nitrogens with zero attached hydrogens (tertiary/aromatic N) is 2. The number of nitrogens with one attached hydrogen (secondary N) is 1. The van der Waals surface area contributed by atoms with E-state index in [2.05, 4.69) is 28.3 Å². The zero-order valence-corrected chi connectivity index (χ0v) is 9.57. The molecule has 3 nitrogen and oxygen atoms in total. The third kappa shape index (κ3) is 2.37. The number of aryl methyl sites for hydroxylation is 1. The average Bonchev–Trinajstić information content (AvgIpc) is 2.30. The molecule has 0 atom stereocenters. The number of rotatable bonds is 3. The first-order chi connectivity index (χ1) is 7.79. The quantitative estimate of drug-likeness (QED) is 0.851. The molecule has 0 aliphatic rings. The van der Waals surface area contributed by atoms with Crippen LogP contribution in [0.1, 0.15) is 12.5 Å². The van der Waals surface area contributed by atoms with Gasteiger partial charge in [-0.1, -0.05) is 0 Å². The molecule has 1 N–H and O–H groups in total. The van der Waals surface area contributed by atoms with Crippen LogP contribution in [0.5, 0.6) is 0 Å². The van der Waals surface area contributed by atoms with Gasteiger partial charge in [0.1, 0.15) is 0 Å². The summed E-state index contributed by atoms with van der Waals surface area (Å²) in [5.41, 5.74) is 4.25. The van der Waals surface area contributed by atoms with E-state index in [1.807, 2.05) is 37.6 Å². The Kier molecular flexibility index (Phi) is 3.15. The van der Waals surface area contributed by atoms with Gasteiger partial charge in [-0.2, -0.15) is 0 Å². The molecule has 0 saturated carbocycles. The number of anilines is 1. The van der Waals surface area contributed by atoms with Crippen molar-refractivity contribution >= 4 is 5.69 Å². The van der Waals surface area contributed by atoms with Crippen molar-refractivity contribution in [2.24, 2.45) is 0 Å². The van der Waals surface area contributed by atoms with Crippen LogP contribution in [0.15, 0.2) is 36.8 Å². The Morgan fingerprint density at radius 2 is 2.12 bits per heavy atom.